The van der Waals surface area contributed by atoms with E-state index in [0.717, 1.165) is 0 Å². The summed E-state index contributed by atoms with van der Waals surface area (Å²) in [5.41, 5.74) is 2.21. The lowest BCUT2D eigenvalue weighted by Gasteiger charge is -2.15. The van der Waals surface area contributed by atoms with Gasteiger partial charge in [0, 0.05) is 44.0 Å². The van der Waals surface area contributed by atoms with Crippen molar-refractivity contribution in [3.63, 3.8) is 0 Å². The third-order valence-corrected chi connectivity index (χ3v) is 7.90. The molecule has 0 saturated carbocycles. The first-order chi connectivity index (χ1) is 21.0. The number of anilines is 2. The van der Waals surface area contributed by atoms with Crippen molar-refractivity contribution in [2.24, 2.45) is 0 Å². The second-order valence-corrected chi connectivity index (χ2v) is 11.8. The van der Waals surface area contributed by atoms with Crippen LogP contribution < -0.4 is 16.0 Å². The van der Waals surface area contributed by atoms with Crippen LogP contribution >= 0.6 is 35.0 Å². The molecule has 4 aromatic carbocycles. The highest BCUT2D eigenvalue weighted by Gasteiger charge is 2.19. The third kappa shape index (κ3) is 8.70. The summed E-state index contributed by atoms with van der Waals surface area (Å²) in [6.07, 6.45) is 1.46. The monoisotopic (exact) mass is 648 g/mol. The Hall–Kier alpha value is -4.64. The average Bonchev–Trinajstić information content (AvgIpc) is 2.99. The highest BCUT2D eigenvalue weighted by molar-refractivity contribution is 8.00. The van der Waals surface area contributed by atoms with Gasteiger partial charge in [-0.25, -0.2) is 0 Å². The number of nitro benzene ring substituents is 1. The van der Waals surface area contributed by atoms with Crippen LogP contribution in [0.25, 0.3) is 6.08 Å². The van der Waals surface area contributed by atoms with Crippen LogP contribution in [0.2, 0.25) is 10.0 Å². The summed E-state index contributed by atoms with van der Waals surface area (Å²) in [6, 6.07) is 24.4. The zero-order chi connectivity index (χ0) is 31.8. The van der Waals surface area contributed by atoms with Crippen LogP contribution in [0.1, 0.15) is 28.4 Å². The number of benzene rings is 4. The van der Waals surface area contributed by atoms with Gasteiger partial charge in [0.05, 0.1) is 10.2 Å². The number of amides is 3. The van der Waals surface area contributed by atoms with Crippen LogP contribution in [-0.4, -0.2) is 27.9 Å². The number of non-ortho nitro benzene ring substituents is 1. The van der Waals surface area contributed by atoms with E-state index < -0.39 is 22.0 Å². The second-order valence-electron chi connectivity index (χ2n) is 9.53. The second kappa shape index (κ2) is 14.7. The van der Waals surface area contributed by atoms with Gasteiger partial charge >= 0.3 is 0 Å². The van der Waals surface area contributed by atoms with Crippen LogP contribution in [0.15, 0.2) is 102 Å². The Balaban J connectivity index is 1.49. The van der Waals surface area contributed by atoms with Crippen molar-refractivity contribution >= 4 is 75.8 Å². The molecule has 0 aliphatic rings. The van der Waals surface area contributed by atoms with Gasteiger partial charge < -0.3 is 16.0 Å². The smallest absolute Gasteiger partial charge is 0.272 e. The van der Waals surface area contributed by atoms with Crippen molar-refractivity contribution in [1.82, 2.24) is 5.32 Å². The molecular formula is C32H26Cl2N4O5S. The zero-order valence-corrected chi connectivity index (χ0v) is 25.8. The maximum atomic E-state index is 13.4. The number of rotatable bonds is 10. The van der Waals surface area contributed by atoms with Crippen molar-refractivity contribution in [3.8, 4) is 0 Å². The summed E-state index contributed by atoms with van der Waals surface area (Å²) < 4.78 is 0. The fourth-order valence-corrected chi connectivity index (χ4v) is 5.35. The van der Waals surface area contributed by atoms with Gasteiger partial charge in [0.2, 0.25) is 5.91 Å². The highest BCUT2D eigenvalue weighted by atomic mass is 35.5. The van der Waals surface area contributed by atoms with E-state index in [1.165, 1.54) is 42.1 Å². The molecule has 4 aromatic rings. The zero-order valence-electron chi connectivity index (χ0n) is 23.5. The first-order valence-electron chi connectivity index (χ1n) is 13.2. The molecule has 224 valence electrons. The maximum Gasteiger partial charge on any atom is 0.272 e. The summed E-state index contributed by atoms with van der Waals surface area (Å²) in [5.74, 6) is -1.37. The van der Waals surface area contributed by atoms with E-state index >= 15 is 0 Å². The standard InChI is InChI=1S/C32H26Cl2N4O5S/c1-19-15-25(38(42)43)13-14-28(19)36-30(39)20(2)44-26-10-6-9-24(18-26)35-32(41)29(16-22-11-12-23(33)17-27(22)34)37-31(40)21-7-4-3-5-8-21/h3-18,20H,1-2H3,(H,35,41)(H,36,39)(H,37,40)/b29-16+. The fourth-order valence-electron chi connectivity index (χ4n) is 3.96. The van der Waals surface area contributed by atoms with Crippen LogP contribution in [0, 0.1) is 17.0 Å². The normalized spacial score (nSPS) is 11.8. The Morgan fingerprint density at radius 3 is 2.34 bits per heavy atom. The van der Waals surface area contributed by atoms with E-state index in [-0.39, 0.29) is 17.3 Å². The molecule has 0 heterocycles. The van der Waals surface area contributed by atoms with Crippen molar-refractivity contribution < 1.29 is 19.3 Å². The quantitative estimate of drug-likeness (QED) is 0.0698. The molecule has 3 N–H and O–H groups in total. The molecule has 0 bridgehead atoms. The number of nitrogens with one attached hydrogen (secondary N) is 3. The van der Waals surface area contributed by atoms with Gasteiger partial charge in [0.25, 0.3) is 17.5 Å². The molecule has 44 heavy (non-hydrogen) atoms. The van der Waals surface area contributed by atoms with Crippen LogP contribution in [0.5, 0.6) is 0 Å². The van der Waals surface area contributed by atoms with Crippen LogP contribution in [0.4, 0.5) is 17.1 Å². The van der Waals surface area contributed by atoms with Crippen molar-refractivity contribution in [2.45, 2.75) is 24.0 Å². The molecule has 1 atom stereocenters. The third-order valence-electron chi connectivity index (χ3n) is 6.24. The number of aryl methyl sites for hydroxylation is 1. The number of nitro groups is 1. The molecule has 12 heteroatoms. The summed E-state index contributed by atoms with van der Waals surface area (Å²) in [6.45, 7) is 3.40. The predicted molar refractivity (Wildman–Crippen MR) is 175 cm³/mol. The van der Waals surface area contributed by atoms with E-state index in [4.69, 9.17) is 23.2 Å². The number of thioether (sulfide) groups is 1. The summed E-state index contributed by atoms with van der Waals surface area (Å²) in [5, 5.41) is 19.4. The summed E-state index contributed by atoms with van der Waals surface area (Å²) in [4.78, 5) is 50.4. The molecule has 0 fully saturated rings. The number of halogens is 2. The lowest BCUT2D eigenvalue weighted by Crippen LogP contribution is -2.30. The lowest BCUT2D eigenvalue weighted by molar-refractivity contribution is -0.384. The maximum absolute atomic E-state index is 13.4. The predicted octanol–water partition coefficient (Wildman–Crippen LogP) is 7.74. The number of carbonyl (C=O) groups is 3. The average molecular weight is 650 g/mol. The van der Waals surface area contributed by atoms with Gasteiger partial charge in [-0.2, -0.15) is 0 Å². The van der Waals surface area contributed by atoms with E-state index in [2.05, 4.69) is 16.0 Å². The van der Waals surface area contributed by atoms with Crippen LogP contribution in [-0.2, 0) is 9.59 Å². The Kier molecular flexibility index (Phi) is 10.8. The first kappa shape index (κ1) is 32.3. The van der Waals surface area contributed by atoms with Crippen molar-refractivity contribution in [3.05, 3.63) is 134 Å². The summed E-state index contributed by atoms with van der Waals surface area (Å²) in [7, 11) is 0. The Morgan fingerprint density at radius 2 is 1.66 bits per heavy atom. The fraction of sp³-hybridized carbons (Fsp3) is 0.0938. The van der Waals surface area contributed by atoms with E-state index in [1.807, 2.05) is 0 Å². The minimum Gasteiger partial charge on any atom is -0.325 e. The van der Waals surface area contributed by atoms with Gasteiger partial charge in [0.1, 0.15) is 5.70 Å². The van der Waals surface area contributed by atoms with Gasteiger partial charge in [-0.1, -0.05) is 53.5 Å². The minimum atomic E-state index is -0.595. The van der Waals surface area contributed by atoms with E-state index in [1.54, 1.807) is 80.6 Å². The number of carbonyl (C=O) groups excluding carboxylic acids is 3. The Morgan fingerprint density at radius 1 is 0.909 bits per heavy atom. The molecule has 4 rings (SSSR count). The first-order valence-corrected chi connectivity index (χ1v) is 14.8. The van der Waals surface area contributed by atoms with Crippen molar-refractivity contribution in [1.29, 1.82) is 0 Å². The summed E-state index contributed by atoms with van der Waals surface area (Å²) >= 11 is 13.6. The molecule has 0 radical (unpaired) electrons. The van der Waals surface area contributed by atoms with Gasteiger partial charge in [-0.3, -0.25) is 24.5 Å². The molecule has 9 nitrogen and oxygen atoms in total. The lowest BCUT2D eigenvalue weighted by atomic mass is 10.1. The molecule has 0 aliphatic carbocycles. The molecular weight excluding hydrogens is 623 g/mol. The van der Waals surface area contributed by atoms with Gasteiger partial charge in [-0.05, 0) is 79.6 Å². The van der Waals surface area contributed by atoms with Gasteiger partial charge in [0.15, 0.2) is 0 Å². The largest absolute Gasteiger partial charge is 0.325 e. The SMILES string of the molecule is Cc1cc([N+](=O)[O-])ccc1NC(=O)C(C)Sc1cccc(NC(=O)/C(=C\c2ccc(Cl)cc2Cl)NC(=O)c2ccccc2)c1. The van der Waals surface area contributed by atoms with Crippen molar-refractivity contribution in [2.75, 3.05) is 10.6 Å². The Bertz CT molecular complexity index is 1770. The highest BCUT2D eigenvalue weighted by Crippen LogP contribution is 2.28. The molecule has 1 unspecified atom stereocenters. The number of nitrogens with zero attached hydrogens (tertiary/aromatic N) is 1. The molecule has 3 amide bonds. The number of hydrogen-bond donors (Lipinski definition) is 3. The molecule has 0 spiro atoms. The van der Waals surface area contributed by atoms with E-state index in [9.17, 15) is 24.5 Å². The molecule has 0 aromatic heterocycles. The Labute approximate surface area is 267 Å². The minimum absolute atomic E-state index is 0.0488. The van der Waals surface area contributed by atoms with Gasteiger partial charge in [-0.15, -0.1) is 11.8 Å². The molecule has 0 saturated heterocycles. The topological polar surface area (TPSA) is 130 Å². The van der Waals surface area contributed by atoms with Crippen LogP contribution in [0.3, 0.4) is 0 Å². The van der Waals surface area contributed by atoms with E-state index in [0.29, 0.717) is 43.0 Å². The molecule has 0 aliphatic heterocycles. The number of hydrogen-bond acceptors (Lipinski definition) is 6.